The Morgan fingerprint density at radius 2 is 1.84 bits per heavy atom. The van der Waals surface area contributed by atoms with E-state index in [0.717, 1.165) is 5.69 Å². The normalized spacial score (nSPS) is 12.3. The molecule has 0 fully saturated rings. The maximum atomic E-state index is 11.8. The summed E-state index contributed by atoms with van der Waals surface area (Å²) in [5.41, 5.74) is 2.72. The monoisotopic (exact) mass is 289 g/mol. The molecule has 0 heterocycles. The highest BCUT2D eigenvalue weighted by Crippen LogP contribution is 2.14. The van der Waals surface area contributed by atoms with E-state index in [-0.39, 0.29) is 6.73 Å². The van der Waals surface area contributed by atoms with E-state index in [0.29, 0.717) is 0 Å². The quantitative estimate of drug-likeness (QED) is 0.493. The van der Waals surface area contributed by atoms with Gasteiger partial charge in [-0.1, -0.05) is 36.1 Å². The lowest BCUT2D eigenvalue weighted by atomic mass is 10.3. The Kier molecular flexibility index (Phi) is 5.19. The zero-order valence-corrected chi connectivity index (χ0v) is 12.1. The Labute approximate surface area is 112 Å². The number of nitrogens with one attached hydrogen (secondary N) is 1. The van der Waals surface area contributed by atoms with Gasteiger partial charge in [-0.3, -0.25) is 0 Å². The van der Waals surface area contributed by atoms with E-state index in [2.05, 4.69) is 29.7 Å². The smallest absolute Gasteiger partial charge is 0.363 e. The Morgan fingerprint density at radius 1 is 1.26 bits per heavy atom. The third-order valence-corrected chi connectivity index (χ3v) is 5.63. The minimum atomic E-state index is -4.29. The minimum Gasteiger partial charge on any atom is -0.363 e. The highest BCUT2D eigenvalue weighted by atomic mass is 28.3. The van der Waals surface area contributed by atoms with Crippen LogP contribution in [0.2, 0.25) is 13.1 Å². The molecule has 106 valence electrons. The van der Waals surface area contributed by atoms with Crippen molar-refractivity contribution < 1.29 is 17.9 Å². The van der Waals surface area contributed by atoms with E-state index in [1.807, 2.05) is 30.0 Å². The molecule has 0 saturated carbocycles. The van der Waals surface area contributed by atoms with Crippen molar-refractivity contribution in [2.24, 2.45) is 0 Å². The van der Waals surface area contributed by atoms with Crippen LogP contribution in [-0.4, -0.2) is 27.6 Å². The van der Waals surface area contributed by atoms with Crippen LogP contribution in [0.25, 0.3) is 0 Å². The summed E-state index contributed by atoms with van der Waals surface area (Å²) in [4.78, 5) is 0. The van der Waals surface area contributed by atoms with Crippen molar-refractivity contribution in [1.29, 1.82) is 0 Å². The maximum Gasteiger partial charge on any atom is 0.411 e. The highest BCUT2D eigenvalue weighted by Gasteiger charge is 2.27. The molecule has 0 saturated heterocycles. The molecule has 0 atom stereocenters. The first-order valence-corrected chi connectivity index (χ1v) is 8.95. The van der Waals surface area contributed by atoms with Crippen molar-refractivity contribution in [2.75, 3.05) is 18.7 Å². The van der Waals surface area contributed by atoms with Gasteiger partial charge in [0.2, 0.25) is 0 Å². The summed E-state index contributed by atoms with van der Waals surface area (Å²) in [6, 6.07) is 7.62. The highest BCUT2D eigenvalue weighted by molar-refractivity contribution is 6.93. The number of rotatable bonds is 6. The van der Waals surface area contributed by atoms with Crippen molar-refractivity contribution in [2.45, 2.75) is 19.3 Å². The van der Waals surface area contributed by atoms with Crippen LogP contribution < -0.4 is 10.5 Å². The molecule has 0 radical (unpaired) electrons. The molecule has 1 aromatic rings. The lowest BCUT2D eigenvalue weighted by Crippen LogP contribution is -2.39. The molecule has 6 heteroatoms. The van der Waals surface area contributed by atoms with Gasteiger partial charge in [0.05, 0.1) is 0 Å². The standard InChI is InChI=1S/C13H18F3NOSi/c1-4-19(2,3)12-7-5-11(6-8-12)17-10-18-9-13(14,15)16/h4-8,17H,1,9-10H2,2-3H3. The van der Waals surface area contributed by atoms with Crippen LogP contribution in [0.3, 0.4) is 0 Å². The van der Waals surface area contributed by atoms with E-state index < -0.39 is 20.9 Å². The van der Waals surface area contributed by atoms with Gasteiger partial charge < -0.3 is 10.1 Å². The summed E-state index contributed by atoms with van der Waals surface area (Å²) in [7, 11) is -1.58. The van der Waals surface area contributed by atoms with Crippen LogP contribution in [0, 0.1) is 0 Å². The minimum absolute atomic E-state index is 0.166. The van der Waals surface area contributed by atoms with Gasteiger partial charge in [0.15, 0.2) is 0 Å². The van der Waals surface area contributed by atoms with Gasteiger partial charge in [-0.25, -0.2) is 0 Å². The first-order chi connectivity index (χ1) is 8.74. The molecule has 1 N–H and O–H groups in total. The maximum absolute atomic E-state index is 11.8. The molecular formula is C13H18F3NOSi. The van der Waals surface area contributed by atoms with Crippen molar-refractivity contribution in [1.82, 2.24) is 0 Å². The van der Waals surface area contributed by atoms with Gasteiger partial charge >= 0.3 is 6.18 Å². The number of benzene rings is 1. The molecule has 0 amide bonds. The Morgan fingerprint density at radius 3 is 2.32 bits per heavy atom. The van der Waals surface area contributed by atoms with Gasteiger partial charge in [-0.05, 0) is 12.1 Å². The number of alkyl halides is 3. The average molecular weight is 289 g/mol. The second-order valence-electron chi connectivity index (χ2n) is 4.79. The van der Waals surface area contributed by atoms with Crippen molar-refractivity contribution in [3.8, 4) is 0 Å². The second-order valence-corrected chi connectivity index (χ2v) is 9.22. The number of anilines is 1. The van der Waals surface area contributed by atoms with Gasteiger partial charge in [-0.2, -0.15) is 13.2 Å². The van der Waals surface area contributed by atoms with E-state index >= 15 is 0 Å². The zero-order valence-electron chi connectivity index (χ0n) is 11.1. The fourth-order valence-electron chi connectivity index (χ4n) is 1.44. The molecule has 0 aliphatic carbocycles. The third kappa shape index (κ3) is 5.48. The van der Waals surface area contributed by atoms with Gasteiger partial charge in [0, 0.05) is 5.69 Å². The van der Waals surface area contributed by atoms with Crippen LogP contribution in [0.1, 0.15) is 0 Å². The Bertz CT molecular complexity index is 415. The Hall–Kier alpha value is -1.27. The molecule has 1 rings (SSSR count). The van der Waals surface area contributed by atoms with E-state index in [9.17, 15) is 13.2 Å². The SMILES string of the molecule is C=C[Si](C)(C)c1ccc(NCOCC(F)(F)F)cc1. The molecule has 19 heavy (non-hydrogen) atoms. The first-order valence-electron chi connectivity index (χ1n) is 5.87. The van der Waals surface area contributed by atoms with E-state index in [4.69, 9.17) is 0 Å². The largest absolute Gasteiger partial charge is 0.411 e. The third-order valence-electron chi connectivity index (χ3n) is 2.78. The summed E-state index contributed by atoms with van der Waals surface area (Å²) in [6.07, 6.45) is -4.29. The fraction of sp³-hybridized carbons (Fsp3) is 0.385. The van der Waals surface area contributed by atoms with Gasteiger partial charge in [0.25, 0.3) is 0 Å². The fourth-order valence-corrected chi connectivity index (χ4v) is 2.70. The van der Waals surface area contributed by atoms with Crippen LogP contribution in [0.15, 0.2) is 36.5 Å². The molecule has 0 spiro atoms. The lowest BCUT2D eigenvalue weighted by molar-refractivity contribution is -0.172. The molecule has 0 bridgehead atoms. The molecule has 2 nitrogen and oxygen atoms in total. The molecule has 0 aromatic heterocycles. The molecule has 0 aliphatic heterocycles. The van der Waals surface area contributed by atoms with Crippen molar-refractivity contribution in [3.63, 3.8) is 0 Å². The number of hydrogen-bond acceptors (Lipinski definition) is 2. The predicted octanol–water partition coefficient (Wildman–Crippen LogP) is 3.28. The van der Waals surface area contributed by atoms with Crippen LogP contribution in [-0.2, 0) is 4.74 Å². The summed E-state index contributed by atoms with van der Waals surface area (Å²) < 4.78 is 40.0. The Balaban J connectivity index is 2.47. The zero-order chi connectivity index (χ0) is 14.5. The van der Waals surface area contributed by atoms with Crippen LogP contribution in [0.5, 0.6) is 0 Å². The second kappa shape index (κ2) is 6.25. The first kappa shape index (κ1) is 15.8. The van der Waals surface area contributed by atoms with Crippen molar-refractivity contribution in [3.05, 3.63) is 36.5 Å². The summed E-state index contributed by atoms with van der Waals surface area (Å²) in [6.45, 7) is 6.78. The average Bonchev–Trinajstić information content (AvgIpc) is 2.34. The number of ether oxygens (including phenoxy) is 1. The summed E-state index contributed by atoms with van der Waals surface area (Å²) in [5.74, 6) is 0. The molecular weight excluding hydrogens is 271 g/mol. The number of hydrogen-bond donors (Lipinski definition) is 1. The van der Waals surface area contributed by atoms with Crippen molar-refractivity contribution >= 4 is 18.9 Å². The van der Waals surface area contributed by atoms with E-state index in [1.165, 1.54) is 5.19 Å². The summed E-state index contributed by atoms with van der Waals surface area (Å²) >= 11 is 0. The lowest BCUT2D eigenvalue weighted by Gasteiger charge is -2.18. The number of halogens is 3. The molecule has 1 aromatic carbocycles. The summed E-state index contributed by atoms with van der Waals surface area (Å²) in [5, 5.41) is 4.01. The van der Waals surface area contributed by atoms with Crippen LogP contribution in [0.4, 0.5) is 18.9 Å². The predicted molar refractivity (Wildman–Crippen MR) is 74.3 cm³/mol. The van der Waals surface area contributed by atoms with Crippen LogP contribution >= 0.6 is 0 Å². The topological polar surface area (TPSA) is 21.3 Å². The van der Waals surface area contributed by atoms with Gasteiger partial charge in [0.1, 0.15) is 21.4 Å². The molecule has 0 unspecified atom stereocenters. The van der Waals surface area contributed by atoms with Gasteiger partial charge in [-0.15, -0.1) is 6.58 Å². The van der Waals surface area contributed by atoms with E-state index in [1.54, 1.807) is 0 Å². The molecule has 0 aliphatic rings.